The van der Waals surface area contributed by atoms with Crippen LogP contribution in [0.4, 0.5) is 4.79 Å². The van der Waals surface area contributed by atoms with Gasteiger partial charge in [0, 0.05) is 5.02 Å². The Morgan fingerprint density at radius 1 is 1.39 bits per heavy atom. The average molecular weight is 269 g/mol. The quantitative estimate of drug-likeness (QED) is 0.895. The van der Waals surface area contributed by atoms with E-state index in [4.69, 9.17) is 16.3 Å². The molecule has 0 saturated heterocycles. The molecule has 0 aliphatic rings. The van der Waals surface area contributed by atoms with Gasteiger partial charge in [-0.1, -0.05) is 30.7 Å². The Hall–Kier alpha value is -1.22. The molecule has 1 amide bonds. The summed E-state index contributed by atoms with van der Waals surface area (Å²) in [6.07, 6.45) is 0.104. The van der Waals surface area contributed by atoms with Crippen LogP contribution in [0, 0.1) is 6.92 Å². The van der Waals surface area contributed by atoms with Crippen LogP contribution in [0.15, 0.2) is 24.3 Å². The van der Waals surface area contributed by atoms with Crippen molar-refractivity contribution in [2.45, 2.75) is 38.8 Å². The summed E-state index contributed by atoms with van der Waals surface area (Å²) in [4.78, 5) is 11.7. The molecule has 0 bridgehead atoms. The summed E-state index contributed by atoms with van der Waals surface area (Å²) in [5, 5.41) is 3.46. The molecule has 18 heavy (non-hydrogen) atoms. The van der Waals surface area contributed by atoms with Crippen molar-refractivity contribution in [3.8, 4) is 0 Å². The van der Waals surface area contributed by atoms with Crippen LogP contribution >= 0.6 is 11.6 Å². The van der Waals surface area contributed by atoms with E-state index in [2.05, 4.69) is 12.2 Å². The summed E-state index contributed by atoms with van der Waals surface area (Å²) in [7, 11) is 0. The summed E-state index contributed by atoms with van der Waals surface area (Å²) in [6, 6.07) is 7.15. The van der Waals surface area contributed by atoms with Gasteiger partial charge in [0.05, 0.1) is 6.04 Å². The fraction of sp³-hybridized carbons (Fsp3) is 0.429. The predicted octanol–water partition coefficient (Wildman–Crippen LogP) is 4.13. The normalized spacial score (nSPS) is 12.9. The summed E-state index contributed by atoms with van der Waals surface area (Å²) >= 11 is 5.82. The fourth-order valence-electron chi connectivity index (χ4n) is 1.47. The van der Waals surface area contributed by atoms with E-state index in [1.807, 2.05) is 32.9 Å². The molecule has 1 radical (unpaired) electrons. The van der Waals surface area contributed by atoms with Crippen molar-refractivity contribution in [3.63, 3.8) is 0 Å². The minimum Gasteiger partial charge on any atom is -0.444 e. The predicted molar refractivity (Wildman–Crippen MR) is 73.5 cm³/mol. The number of amides is 1. The number of carbonyl (C=O) groups excluding carboxylic acids is 1. The topological polar surface area (TPSA) is 38.3 Å². The van der Waals surface area contributed by atoms with Gasteiger partial charge in [-0.2, -0.15) is 0 Å². The van der Waals surface area contributed by atoms with Gasteiger partial charge in [-0.05, 0) is 44.9 Å². The zero-order valence-electron chi connectivity index (χ0n) is 11.0. The Bertz CT molecular complexity index is 395. The largest absolute Gasteiger partial charge is 0.444 e. The van der Waals surface area contributed by atoms with E-state index in [1.54, 1.807) is 12.1 Å². The van der Waals surface area contributed by atoms with Crippen LogP contribution in [0.5, 0.6) is 0 Å². The van der Waals surface area contributed by atoms with Gasteiger partial charge in [0.15, 0.2) is 0 Å². The molecular formula is C14H19ClNO2. The number of halogens is 1. The number of hydrogen-bond acceptors (Lipinski definition) is 2. The lowest BCUT2D eigenvalue weighted by Gasteiger charge is -2.23. The van der Waals surface area contributed by atoms with Crippen molar-refractivity contribution in [3.05, 3.63) is 41.8 Å². The van der Waals surface area contributed by atoms with E-state index in [1.165, 1.54) is 0 Å². The lowest BCUT2D eigenvalue weighted by Crippen LogP contribution is -2.34. The molecule has 1 atom stereocenters. The monoisotopic (exact) mass is 268 g/mol. The molecule has 0 heterocycles. The van der Waals surface area contributed by atoms with Gasteiger partial charge in [-0.3, -0.25) is 0 Å². The van der Waals surface area contributed by atoms with E-state index in [9.17, 15) is 4.79 Å². The third-order valence-electron chi connectivity index (χ3n) is 2.25. The number of benzene rings is 1. The maximum atomic E-state index is 11.7. The van der Waals surface area contributed by atoms with E-state index in [-0.39, 0.29) is 6.04 Å². The minimum atomic E-state index is -0.504. The molecule has 0 fully saturated rings. The number of hydrogen-bond donors (Lipinski definition) is 1. The van der Waals surface area contributed by atoms with E-state index < -0.39 is 11.7 Å². The second-order valence-electron chi connectivity index (χ2n) is 5.04. The number of ether oxygens (including phenoxy) is 1. The van der Waals surface area contributed by atoms with Crippen molar-refractivity contribution in [1.29, 1.82) is 0 Å². The highest BCUT2D eigenvalue weighted by molar-refractivity contribution is 6.30. The van der Waals surface area contributed by atoms with Gasteiger partial charge < -0.3 is 10.1 Å². The lowest BCUT2D eigenvalue weighted by molar-refractivity contribution is 0.0504. The molecule has 1 N–H and O–H groups in total. The fourth-order valence-corrected chi connectivity index (χ4v) is 1.59. The molecule has 0 aliphatic heterocycles. The van der Waals surface area contributed by atoms with Gasteiger partial charge in [0.25, 0.3) is 0 Å². The highest BCUT2D eigenvalue weighted by Crippen LogP contribution is 2.19. The van der Waals surface area contributed by atoms with E-state index in [0.717, 1.165) is 5.56 Å². The van der Waals surface area contributed by atoms with E-state index >= 15 is 0 Å². The Balaban J connectivity index is 2.68. The van der Waals surface area contributed by atoms with Crippen LogP contribution in [-0.4, -0.2) is 11.7 Å². The highest BCUT2D eigenvalue weighted by Gasteiger charge is 2.19. The molecule has 99 valence electrons. The van der Waals surface area contributed by atoms with Crippen LogP contribution in [0.3, 0.4) is 0 Å². The van der Waals surface area contributed by atoms with Crippen molar-refractivity contribution in [1.82, 2.24) is 5.32 Å². The number of carbonyl (C=O) groups is 1. The smallest absolute Gasteiger partial charge is 0.408 e. The molecule has 0 aliphatic carbocycles. The molecule has 0 saturated carbocycles. The third kappa shape index (κ3) is 4.96. The maximum absolute atomic E-state index is 11.7. The van der Waals surface area contributed by atoms with Gasteiger partial charge in [0.1, 0.15) is 5.60 Å². The average Bonchev–Trinajstić information content (AvgIpc) is 2.25. The number of nitrogens with one attached hydrogen (secondary N) is 1. The first-order chi connectivity index (χ1) is 8.31. The molecule has 1 unspecified atom stereocenters. The Morgan fingerprint density at radius 2 is 1.94 bits per heavy atom. The standard InChI is InChI=1S/C14H19ClNO2/c1-5-12(10-6-8-11(15)9-7-10)16-13(17)18-14(2,3)4/h6-9,12H,1,5H2,2-4H3,(H,16,17). The lowest BCUT2D eigenvalue weighted by atomic mass is 10.1. The maximum Gasteiger partial charge on any atom is 0.408 e. The van der Waals surface area contributed by atoms with Crippen molar-refractivity contribution >= 4 is 17.7 Å². The Kier molecular flexibility index (Phi) is 5.03. The van der Waals surface area contributed by atoms with Crippen molar-refractivity contribution in [2.75, 3.05) is 0 Å². The first-order valence-corrected chi connectivity index (χ1v) is 6.24. The van der Waals surface area contributed by atoms with E-state index in [0.29, 0.717) is 11.4 Å². The molecule has 1 aromatic rings. The molecule has 4 heteroatoms. The van der Waals surface area contributed by atoms with Gasteiger partial charge >= 0.3 is 6.09 Å². The molecule has 1 aromatic carbocycles. The van der Waals surface area contributed by atoms with Crippen molar-refractivity contribution < 1.29 is 9.53 Å². The second-order valence-corrected chi connectivity index (χ2v) is 5.48. The first kappa shape index (κ1) is 14.8. The summed E-state index contributed by atoms with van der Waals surface area (Å²) in [5.74, 6) is 0. The first-order valence-electron chi connectivity index (χ1n) is 5.86. The van der Waals surface area contributed by atoms with Crippen LogP contribution in [0.2, 0.25) is 5.02 Å². The van der Waals surface area contributed by atoms with Gasteiger partial charge in [-0.15, -0.1) is 0 Å². The molecule has 1 rings (SSSR count). The Morgan fingerprint density at radius 3 is 2.39 bits per heavy atom. The summed E-state index contributed by atoms with van der Waals surface area (Å²) < 4.78 is 5.21. The minimum absolute atomic E-state index is 0.169. The zero-order chi connectivity index (χ0) is 13.8. The number of alkyl carbamates (subject to hydrolysis) is 1. The molecular weight excluding hydrogens is 250 g/mol. The van der Waals surface area contributed by atoms with Gasteiger partial charge in [0.2, 0.25) is 0 Å². The SMILES string of the molecule is [CH2]CC(NC(=O)OC(C)(C)C)c1ccc(Cl)cc1. The van der Waals surface area contributed by atoms with Crippen LogP contribution < -0.4 is 5.32 Å². The van der Waals surface area contributed by atoms with Crippen LogP contribution in [-0.2, 0) is 4.74 Å². The molecule has 0 aromatic heterocycles. The molecule has 0 spiro atoms. The number of rotatable bonds is 3. The summed E-state index contributed by atoms with van der Waals surface area (Å²) in [5.41, 5.74) is 0.454. The van der Waals surface area contributed by atoms with Crippen LogP contribution in [0.25, 0.3) is 0 Å². The van der Waals surface area contributed by atoms with Crippen molar-refractivity contribution in [2.24, 2.45) is 0 Å². The molecule has 3 nitrogen and oxygen atoms in total. The highest BCUT2D eigenvalue weighted by atomic mass is 35.5. The zero-order valence-corrected chi connectivity index (χ0v) is 11.8. The second kappa shape index (κ2) is 6.10. The third-order valence-corrected chi connectivity index (χ3v) is 2.50. The Labute approximate surface area is 113 Å². The van der Waals surface area contributed by atoms with Gasteiger partial charge in [-0.25, -0.2) is 4.79 Å². The summed E-state index contributed by atoms with van der Waals surface area (Å²) in [6.45, 7) is 9.31. The van der Waals surface area contributed by atoms with Crippen LogP contribution in [0.1, 0.15) is 38.8 Å².